The van der Waals surface area contributed by atoms with Crippen LogP contribution >= 0.6 is 11.3 Å². The Balaban J connectivity index is 1.67. The lowest BCUT2D eigenvalue weighted by Crippen LogP contribution is -2.18. The molecule has 0 spiro atoms. The predicted molar refractivity (Wildman–Crippen MR) is 84.4 cm³/mol. The fourth-order valence-corrected chi connectivity index (χ4v) is 3.29. The Morgan fingerprint density at radius 2 is 2.05 bits per heavy atom. The van der Waals surface area contributed by atoms with Crippen LogP contribution < -0.4 is 10.6 Å². The molecule has 1 aliphatic heterocycles. The lowest BCUT2D eigenvalue weighted by Gasteiger charge is -2.18. The summed E-state index contributed by atoms with van der Waals surface area (Å²) in [5, 5.41) is 6.36. The highest BCUT2D eigenvalue weighted by molar-refractivity contribution is 7.12. The number of benzene rings is 1. The molecule has 0 fully saturated rings. The molecule has 0 unspecified atom stereocenters. The summed E-state index contributed by atoms with van der Waals surface area (Å²) in [4.78, 5) is 14.1. The summed E-state index contributed by atoms with van der Waals surface area (Å²) in [6.07, 6.45) is 2.51. The zero-order chi connectivity index (χ0) is 13.9. The summed E-state index contributed by atoms with van der Waals surface area (Å²) in [6.45, 7) is 3.04. The molecule has 3 rings (SSSR count). The van der Waals surface area contributed by atoms with Gasteiger partial charge in [-0.15, -0.1) is 11.3 Å². The zero-order valence-corrected chi connectivity index (χ0v) is 12.3. The van der Waals surface area contributed by atoms with E-state index in [0.29, 0.717) is 6.42 Å². The lowest BCUT2D eigenvalue weighted by molar-refractivity contribution is -0.116. The third-order valence-corrected chi connectivity index (χ3v) is 4.76. The molecular formula is C16H18N2OS. The van der Waals surface area contributed by atoms with Gasteiger partial charge < -0.3 is 10.6 Å². The van der Waals surface area contributed by atoms with E-state index < -0.39 is 0 Å². The van der Waals surface area contributed by atoms with Crippen LogP contribution in [0, 0.1) is 0 Å². The zero-order valence-electron chi connectivity index (χ0n) is 11.5. The lowest BCUT2D eigenvalue weighted by atomic mass is 10.0. The van der Waals surface area contributed by atoms with E-state index >= 15 is 0 Å². The number of amides is 1. The minimum Gasteiger partial charge on any atom is -0.380 e. The van der Waals surface area contributed by atoms with Crippen LogP contribution in [0.5, 0.6) is 0 Å². The minimum absolute atomic E-state index is 0.115. The van der Waals surface area contributed by atoms with Gasteiger partial charge in [-0.25, -0.2) is 0 Å². The highest BCUT2D eigenvalue weighted by Crippen LogP contribution is 2.26. The maximum absolute atomic E-state index is 11.3. The molecule has 1 aromatic carbocycles. The summed E-state index contributed by atoms with van der Waals surface area (Å²) in [6, 6.07) is 10.5. The van der Waals surface area contributed by atoms with Crippen molar-refractivity contribution >= 4 is 28.6 Å². The van der Waals surface area contributed by atoms with Crippen molar-refractivity contribution in [2.75, 3.05) is 10.6 Å². The third kappa shape index (κ3) is 2.85. The largest absolute Gasteiger partial charge is 0.380 e. The van der Waals surface area contributed by atoms with Crippen molar-refractivity contribution in [3.63, 3.8) is 0 Å². The molecule has 4 heteroatoms. The molecule has 2 heterocycles. The Hall–Kier alpha value is -1.81. The van der Waals surface area contributed by atoms with Crippen LogP contribution in [-0.4, -0.2) is 5.91 Å². The molecule has 0 saturated heterocycles. The molecule has 3 nitrogen and oxygen atoms in total. The van der Waals surface area contributed by atoms with Gasteiger partial charge in [0.15, 0.2) is 0 Å². The molecule has 1 amide bonds. The highest BCUT2D eigenvalue weighted by atomic mass is 32.1. The molecule has 0 saturated carbocycles. The highest BCUT2D eigenvalue weighted by Gasteiger charge is 2.14. The number of rotatable bonds is 4. The summed E-state index contributed by atoms with van der Waals surface area (Å²) < 4.78 is 0. The van der Waals surface area contributed by atoms with Gasteiger partial charge in [0.05, 0.1) is 0 Å². The standard InChI is InChI=1S/C16H18N2OS/c1-2-13-5-6-14(20-13)10-17-12-4-7-15-11(9-12)3-8-16(19)18-15/h4-7,9,17H,2-3,8,10H2,1H3,(H,18,19). The molecule has 0 atom stereocenters. The number of nitrogens with one attached hydrogen (secondary N) is 2. The summed E-state index contributed by atoms with van der Waals surface area (Å²) in [5.74, 6) is 0.115. The Labute approximate surface area is 123 Å². The van der Waals surface area contributed by atoms with Crippen LogP contribution in [-0.2, 0) is 24.2 Å². The van der Waals surface area contributed by atoms with E-state index in [-0.39, 0.29) is 5.91 Å². The first-order valence-corrected chi connectivity index (χ1v) is 7.80. The van der Waals surface area contributed by atoms with E-state index in [1.807, 2.05) is 23.5 Å². The first kappa shape index (κ1) is 13.2. The van der Waals surface area contributed by atoms with Crippen molar-refractivity contribution in [3.05, 3.63) is 45.6 Å². The van der Waals surface area contributed by atoms with E-state index in [2.05, 4.69) is 35.8 Å². The maximum Gasteiger partial charge on any atom is 0.224 e. The Morgan fingerprint density at radius 3 is 2.85 bits per heavy atom. The van der Waals surface area contributed by atoms with Crippen molar-refractivity contribution in [2.24, 2.45) is 0 Å². The fraction of sp³-hybridized carbons (Fsp3) is 0.312. The molecule has 1 aromatic heterocycles. The number of hydrogen-bond donors (Lipinski definition) is 2. The number of hydrogen-bond acceptors (Lipinski definition) is 3. The van der Waals surface area contributed by atoms with Gasteiger partial charge in [-0.2, -0.15) is 0 Å². The minimum atomic E-state index is 0.115. The van der Waals surface area contributed by atoms with Gasteiger partial charge in [-0.3, -0.25) is 4.79 Å². The summed E-state index contributed by atoms with van der Waals surface area (Å²) in [7, 11) is 0. The maximum atomic E-state index is 11.3. The smallest absolute Gasteiger partial charge is 0.224 e. The van der Waals surface area contributed by atoms with E-state index in [1.165, 1.54) is 15.3 Å². The van der Waals surface area contributed by atoms with Crippen molar-refractivity contribution in [1.29, 1.82) is 0 Å². The van der Waals surface area contributed by atoms with Crippen molar-refractivity contribution in [3.8, 4) is 0 Å². The Bertz CT molecular complexity index is 633. The second-order valence-corrected chi connectivity index (χ2v) is 6.25. The van der Waals surface area contributed by atoms with E-state index in [9.17, 15) is 4.79 Å². The quantitative estimate of drug-likeness (QED) is 0.897. The van der Waals surface area contributed by atoms with Crippen molar-refractivity contribution in [2.45, 2.75) is 32.7 Å². The normalized spacial score (nSPS) is 13.8. The molecule has 0 bridgehead atoms. The van der Waals surface area contributed by atoms with Crippen LogP contribution in [0.25, 0.3) is 0 Å². The number of carbonyl (C=O) groups is 1. The average molecular weight is 286 g/mol. The monoisotopic (exact) mass is 286 g/mol. The molecule has 0 radical (unpaired) electrons. The van der Waals surface area contributed by atoms with Gasteiger partial charge in [-0.1, -0.05) is 6.92 Å². The molecule has 1 aliphatic rings. The van der Waals surface area contributed by atoms with Gasteiger partial charge in [0.2, 0.25) is 5.91 Å². The molecule has 20 heavy (non-hydrogen) atoms. The number of fused-ring (bicyclic) bond motifs is 1. The van der Waals surface area contributed by atoms with Crippen LogP contribution in [0.4, 0.5) is 11.4 Å². The Morgan fingerprint density at radius 1 is 1.20 bits per heavy atom. The molecule has 104 valence electrons. The van der Waals surface area contributed by atoms with E-state index in [1.54, 1.807) is 0 Å². The second kappa shape index (κ2) is 5.67. The number of anilines is 2. The van der Waals surface area contributed by atoms with Crippen LogP contribution in [0.3, 0.4) is 0 Å². The van der Waals surface area contributed by atoms with Crippen LogP contribution in [0.15, 0.2) is 30.3 Å². The van der Waals surface area contributed by atoms with Gasteiger partial charge in [0.1, 0.15) is 0 Å². The van der Waals surface area contributed by atoms with E-state index in [0.717, 1.165) is 30.8 Å². The van der Waals surface area contributed by atoms with Crippen LogP contribution in [0.1, 0.15) is 28.7 Å². The van der Waals surface area contributed by atoms with Gasteiger partial charge in [-0.05, 0) is 48.7 Å². The first-order valence-electron chi connectivity index (χ1n) is 6.99. The van der Waals surface area contributed by atoms with Gasteiger partial charge in [0, 0.05) is 34.1 Å². The average Bonchev–Trinajstić information content (AvgIpc) is 2.93. The second-order valence-electron chi connectivity index (χ2n) is 5.00. The van der Waals surface area contributed by atoms with Gasteiger partial charge in [0.25, 0.3) is 0 Å². The Kier molecular flexibility index (Phi) is 3.74. The fourth-order valence-electron chi connectivity index (χ4n) is 2.39. The van der Waals surface area contributed by atoms with Crippen molar-refractivity contribution < 1.29 is 4.79 Å². The van der Waals surface area contributed by atoms with E-state index in [4.69, 9.17) is 0 Å². The van der Waals surface area contributed by atoms with Gasteiger partial charge >= 0.3 is 0 Å². The molecule has 2 aromatic rings. The number of carbonyl (C=O) groups excluding carboxylic acids is 1. The van der Waals surface area contributed by atoms with Crippen molar-refractivity contribution in [1.82, 2.24) is 0 Å². The summed E-state index contributed by atoms with van der Waals surface area (Å²) >= 11 is 1.86. The SMILES string of the molecule is CCc1ccc(CNc2ccc3c(c2)CCC(=O)N3)s1. The summed E-state index contributed by atoms with van der Waals surface area (Å²) in [5.41, 5.74) is 3.29. The predicted octanol–water partition coefficient (Wildman–Crippen LogP) is 3.81. The topological polar surface area (TPSA) is 41.1 Å². The molecular weight excluding hydrogens is 268 g/mol. The molecule has 2 N–H and O–H groups in total. The third-order valence-electron chi connectivity index (χ3n) is 3.53. The van der Waals surface area contributed by atoms with Crippen LogP contribution in [0.2, 0.25) is 0 Å². The first-order chi connectivity index (χ1) is 9.74. The number of aryl methyl sites for hydroxylation is 2. The number of thiophene rings is 1. The molecule has 0 aliphatic carbocycles.